The van der Waals surface area contributed by atoms with E-state index < -0.39 is 0 Å². The Morgan fingerprint density at radius 3 is 2.79 bits per heavy atom. The van der Waals surface area contributed by atoms with Crippen LogP contribution in [0.1, 0.15) is 13.3 Å². The molecule has 0 radical (unpaired) electrons. The van der Waals surface area contributed by atoms with Gasteiger partial charge in [-0.2, -0.15) is 0 Å². The van der Waals surface area contributed by atoms with E-state index in [4.69, 9.17) is 15.2 Å². The summed E-state index contributed by atoms with van der Waals surface area (Å²) in [6.45, 7) is 5.94. The van der Waals surface area contributed by atoms with E-state index in [0.717, 1.165) is 32.7 Å². The zero-order valence-corrected chi connectivity index (χ0v) is 11.8. The van der Waals surface area contributed by atoms with Gasteiger partial charge in [-0.3, -0.25) is 0 Å². The van der Waals surface area contributed by atoms with E-state index in [9.17, 15) is 5.11 Å². The van der Waals surface area contributed by atoms with Gasteiger partial charge < -0.3 is 25.2 Å². The van der Waals surface area contributed by atoms with Crippen molar-refractivity contribution >= 4 is 5.69 Å². The lowest BCUT2D eigenvalue weighted by Crippen LogP contribution is -2.25. The lowest BCUT2D eigenvalue weighted by molar-refractivity contribution is 0.120. The Morgan fingerprint density at radius 1 is 1.26 bits per heavy atom. The first kappa shape index (κ1) is 15.6. The first-order valence-electron chi connectivity index (χ1n) is 6.61. The summed E-state index contributed by atoms with van der Waals surface area (Å²) in [4.78, 5) is 2.20. The van der Waals surface area contributed by atoms with Crippen LogP contribution in [0.5, 0.6) is 11.5 Å². The number of nitrogens with zero attached hydrogens (tertiary/aromatic N) is 1. The third-order valence-electron chi connectivity index (χ3n) is 2.76. The van der Waals surface area contributed by atoms with Crippen LogP contribution in [-0.4, -0.2) is 50.0 Å². The van der Waals surface area contributed by atoms with Gasteiger partial charge in [0.15, 0.2) is 0 Å². The van der Waals surface area contributed by atoms with Crippen molar-refractivity contribution in [3.8, 4) is 11.5 Å². The second-order valence-electron chi connectivity index (χ2n) is 4.42. The highest BCUT2D eigenvalue weighted by atomic mass is 16.5. The van der Waals surface area contributed by atoms with Gasteiger partial charge in [0.1, 0.15) is 11.5 Å². The molecule has 1 aromatic carbocycles. The summed E-state index contributed by atoms with van der Waals surface area (Å²) in [6.07, 6.45) is 0.901. The lowest BCUT2D eigenvalue weighted by atomic mass is 10.3. The molecule has 0 saturated carbocycles. The Labute approximate surface area is 114 Å². The van der Waals surface area contributed by atoms with Crippen LogP contribution >= 0.6 is 0 Å². The molecule has 0 aliphatic heterocycles. The number of rotatable bonds is 9. The molecule has 0 amide bonds. The number of likely N-dealkylation sites (N-methyl/N-ethyl adjacent to an activating group) is 1. The van der Waals surface area contributed by atoms with Crippen molar-refractivity contribution < 1.29 is 14.6 Å². The number of phenolic OH excluding ortho intramolecular Hbond substituents is 1. The Bertz CT molecular complexity index is 372. The fourth-order valence-corrected chi connectivity index (χ4v) is 1.64. The molecule has 0 heterocycles. The molecule has 1 aromatic rings. The molecule has 0 fully saturated rings. The molecule has 0 atom stereocenters. The fraction of sp³-hybridized carbons (Fsp3) is 0.571. The largest absolute Gasteiger partial charge is 0.508 e. The van der Waals surface area contributed by atoms with Gasteiger partial charge in [-0.1, -0.05) is 0 Å². The van der Waals surface area contributed by atoms with Crippen LogP contribution in [-0.2, 0) is 4.74 Å². The van der Waals surface area contributed by atoms with Crippen LogP contribution < -0.4 is 10.5 Å². The summed E-state index contributed by atoms with van der Waals surface area (Å²) in [5.41, 5.74) is 6.29. The van der Waals surface area contributed by atoms with Crippen LogP contribution in [0.4, 0.5) is 5.69 Å². The van der Waals surface area contributed by atoms with Crippen molar-refractivity contribution in [3.05, 3.63) is 18.2 Å². The summed E-state index contributed by atoms with van der Waals surface area (Å²) in [5.74, 6) is 0.704. The predicted molar refractivity (Wildman–Crippen MR) is 76.6 cm³/mol. The third-order valence-corrected chi connectivity index (χ3v) is 2.76. The maximum atomic E-state index is 9.35. The molecular formula is C14H24N2O3. The van der Waals surface area contributed by atoms with Crippen LogP contribution in [0.3, 0.4) is 0 Å². The van der Waals surface area contributed by atoms with E-state index in [1.54, 1.807) is 12.1 Å². The standard InChI is InChI=1S/C14H24N2O3/c1-3-18-10-8-16(2)7-4-9-19-14-11-12(17)5-6-13(14)15/h5-6,11,17H,3-4,7-10,15H2,1-2H3. The molecule has 19 heavy (non-hydrogen) atoms. The number of benzene rings is 1. The fourth-order valence-electron chi connectivity index (χ4n) is 1.64. The van der Waals surface area contributed by atoms with Crippen molar-refractivity contribution in [2.45, 2.75) is 13.3 Å². The van der Waals surface area contributed by atoms with E-state index in [1.807, 2.05) is 6.92 Å². The quantitative estimate of drug-likeness (QED) is 0.405. The second kappa shape index (κ2) is 8.61. The van der Waals surface area contributed by atoms with Gasteiger partial charge in [0, 0.05) is 25.8 Å². The SMILES string of the molecule is CCOCCN(C)CCCOc1cc(O)ccc1N. The highest BCUT2D eigenvalue weighted by molar-refractivity contribution is 5.55. The summed E-state index contributed by atoms with van der Waals surface area (Å²) in [5, 5.41) is 9.35. The number of aromatic hydroxyl groups is 1. The number of phenols is 1. The lowest BCUT2D eigenvalue weighted by Gasteiger charge is -2.16. The number of nitrogen functional groups attached to an aromatic ring is 1. The number of hydrogen-bond donors (Lipinski definition) is 2. The maximum Gasteiger partial charge on any atom is 0.145 e. The molecule has 0 spiro atoms. The Kier molecular flexibility index (Phi) is 7.07. The van der Waals surface area contributed by atoms with E-state index in [1.165, 1.54) is 6.07 Å². The van der Waals surface area contributed by atoms with Crippen LogP contribution in [0.25, 0.3) is 0 Å². The normalized spacial score (nSPS) is 10.9. The Morgan fingerprint density at radius 2 is 2.05 bits per heavy atom. The van der Waals surface area contributed by atoms with Crippen LogP contribution in [0, 0.1) is 0 Å². The van der Waals surface area contributed by atoms with Crippen molar-refractivity contribution in [3.63, 3.8) is 0 Å². The van der Waals surface area contributed by atoms with Crippen LogP contribution in [0.2, 0.25) is 0 Å². The highest BCUT2D eigenvalue weighted by Crippen LogP contribution is 2.25. The molecule has 108 valence electrons. The van der Waals surface area contributed by atoms with E-state index in [0.29, 0.717) is 18.0 Å². The first-order valence-corrected chi connectivity index (χ1v) is 6.61. The molecule has 0 saturated heterocycles. The molecule has 0 aromatic heterocycles. The predicted octanol–water partition coefficient (Wildman–Crippen LogP) is 1.71. The summed E-state index contributed by atoms with van der Waals surface area (Å²) in [7, 11) is 2.06. The van der Waals surface area contributed by atoms with Gasteiger partial charge in [-0.15, -0.1) is 0 Å². The molecular weight excluding hydrogens is 244 g/mol. The summed E-state index contributed by atoms with van der Waals surface area (Å²) in [6, 6.07) is 4.72. The van der Waals surface area contributed by atoms with Gasteiger partial charge in [-0.05, 0) is 32.5 Å². The van der Waals surface area contributed by atoms with Gasteiger partial charge in [-0.25, -0.2) is 0 Å². The molecule has 0 aliphatic carbocycles. The minimum absolute atomic E-state index is 0.165. The molecule has 1 rings (SSSR count). The van der Waals surface area contributed by atoms with Crippen molar-refractivity contribution in [2.24, 2.45) is 0 Å². The van der Waals surface area contributed by atoms with Gasteiger partial charge in [0.2, 0.25) is 0 Å². The average molecular weight is 268 g/mol. The average Bonchev–Trinajstić information content (AvgIpc) is 2.39. The van der Waals surface area contributed by atoms with Gasteiger partial charge in [0.05, 0.1) is 18.9 Å². The van der Waals surface area contributed by atoms with E-state index in [-0.39, 0.29) is 5.75 Å². The van der Waals surface area contributed by atoms with E-state index >= 15 is 0 Å². The highest BCUT2D eigenvalue weighted by Gasteiger charge is 2.02. The van der Waals surface area contributed by atoms with Crippen LogP contribution in [0.15, 0.2) is 18.2 Å². The third kappa shape index (κ3) is 6.31. The summed E-state index contributed by atoms with van der Waals surface area (Å²) >= 11 is 0. The van der Waals surface area contributed by atoms with Crippen molar-refractivity contribution in [1.29, 1.82) is 0 Å². The minimum Gasteiger partial charge on any atom is -0.508 e. The zero-order valence-electron chi connectivity index (χ0n) is 11.8. The number of ether oxygens (including phenoxy) is 2. The van der Waals surface area contributed by atoms with Gasteiger partial charge in [0.25, 0.3) is 0 Å². The minimum atomic E-state index is 0.165. The van der Waals surface area contributed by atoms with Crippen molar-refractivity contribution in [1.82, 2.24) is 4.90 Å². The van der Waals surface area contributed by atoms with E-state index in [2.05, 4.69) is 11.9 Å². The number of hydrogen-bond acceptors (Lipinski definition) is 5. The molecule has 0 aliphatic rings. The number of anilines is 1. The number of nitrogens with two attached hydrogens (primary N) is 1. The molecule has 0 unspecified atom stereocenters. The first-order chi connectivity index (χ1) is 9.13. The monoisotopic (exact) mass is 268 g/mol. The smallest absolute Gasteiger partial charge is 0.145 e. The summed E-state index contributed by atoms with van der Waals surface area (Å²) < 4.78 is 10.8. The maximum absolute atomic E-state index is 9.35. The Balaban J connectivity index is 2.18. The van der Waals surface area contributed by atoms with Gasteiger partial charge >= 0.3 is 0 Å². The zero-order chi connectivity index (χ0) is 14.1. The molecule has 5 heteroatoms. The molecule has 3 N–H and O–H groups in total. The topological polar surface area (TPSA) is 68.0 Å². The molecule has 0 bridgehead atoms. The van der Waals surface area contributed by atoms with Crippen molar-refractivity contribution in [2.75, 3.05) is 45.7 Å². The Hall–Kier alpha value is -1.46. The molecule has 5 nitrogen and oxygen atoms in total. The second-order valence-corrected chi connectivity index (χ2v) is 4.42.